The van der Waals surface area contributed by atoms with E-state index < -0.39 is 6.04 Å². The summed E-state index contributed by atoms with van der Waals surface area (Å²) >= 11 is 0. The second kappa shape index (κ2) is 6.98. The summed E-state index contributed by atoms with van der Waals surface area (Å²) in [6.45, 7) is 4.05. The van der Waals surface area contributed by atoms with Gasteiger partial charge in [-0.2, -0.15) is 0 Å². The van der Waals surface area contributed by atoms with Gasteiger partial charge in [0.05, 0.1) is 0 Å². The van der Waals surface area contributed by atoms with Gasteiger partial charge in [0.15, 0.2) is 0 Å². The Morgan fingerprint density at radius 1 is 1.19 bits per heavy atom. The average Bonchev–Trinajstić information content (AvgIpc) is 3.13. The maximum atomic E-state index is 14.0. The molecule has 4 rings (SSSR count). The second-order valence-electron chi connectivity index (χ2n) is 7.21. The van der Waals surface area contributed by atoms with Crippen LogP contribution >= 0.6 is 0 Å². The second-order valence-corrected chi connectivity index (χ2v) is 7.21. The van der Waals surface area contributed by atoms with Crippen LogP contribution in [-0.4, -0.2) is 25.0 Å². The molecule has 2 aliphatic rings. The summed E-state index contributed by atoms with van der Waals surface area (Å²) < 4.78 is 14.0. The summed E-state index contributed by atoms with van der Waals surface area (Å²) in [5, 5.41) is 6.17. The molecule has 0 spiro atoms. The normalized spacial score (nSPS) is 19.0. The molecule has 4 nitrogen and oxygen atoms in total. The van der Waals surface area contributed by atoms with E-state index in [-0.39, 0.29) is 11.7 Å². The fraction of sp³-hybridized carbons (Fsp3) is 0.381. The van der Waals surface area contributed by atoms with Gasteiger partial charge in [0.2, 0.25) is 5.91 Å². The largest absolute Gasteiger partial charge is 0.373 e. The lowest BCUT2D eigenvalue weighted by atomic mass is 10.1. The zero-order valence-corrected chi connectivity index (χ0v) is 15.0. The highest BCUT2D eigenvalue weighted by molar-refractivity contribution is 5.98. The zero-order chi connectivity index (χ0) is 18.1. The van der Waals surface area contributed by atoms with Crippen molar-refractivity contribution < 1.29 is 9.18 Å². The number of halogens is 1. The molecule has 136 valence electrons. The Kier molecular flexibility index (Phi) is 4.53. The van der Waals surface area contributed by atoms with Gasteiger partial charge in [-0.25, -0.2) is 4.39 Å². The van der Waals surface area contributed by atoms with Crippen LogP contribution in [0.25, 0.3) is 0 Å². The predicted molar refractivity (Wildman–Crippen MR) is 103 cm³/mol. The lowest BCUT2D eigenvalue weighted by molar-refractivity contribution is -0.116. The molecule has 0 radical (unpaired) electrons. The first-order chi connectivity index (χ1) is 12.6. The van der Waals surface area contributed by atoms with Gasteiger partial charge in [-0.15, -0.1) is 0 Å². The summed E-state index contributed by atoms with van der Waals surface area (Å²) in [7, 11) is 0. The average molecular weight is 353 g/mol. The van der Waals surface area contributed by atoms with Crippen LogP contribution < -0.4 is 15.5 Å². The van der Waals surface area contributed by atoms with Crippen molar-refractivity contribution in [2.24, 2.45) is 0 Å². The van der Waals surface area contributed by atoms with Gasteiger partial charge in [-0.3, -0.25) is 4.79 Å². The lowest BCUT2D eigenvalue weighted by Crippen LogP contribution is -2.33. The molecule has 0 bridgehead atoms. The van der Waals surface area contributed by atoms with Crippen LogP contribution in [0.2, 0.25) is 0 Å². The number of hydrogen-bond donors (Lipinski definition) is 2. The summed E-state index contributed by atoms with van der Waals surface area (Å²) in [6.07, 6.45) is 4.09. The molecule has 1 amide bonds. The molecule has 5 heteroatoms. The number of rotatable bonds is 3. The van der Waals surface area contributed by atoms with Crippen LogP contribution in [0, 0.1) is 12.7 Å². The standard InChI is InChI=1S/C21H24FN3O/c1-14-8-9-18(22)17-13-19(24-20(14)17)21(26)23-15-6-5-7-16(12-15)25-10-3-2-4-11-25/h5-9,12,19,24H,2-4,10-11,13H2,1H3,(H,23,26). The summed E-state index contributed by atoms with van der Waals surface area (Å²) in [5.41, 5.74) is 4.25. The van der Waals surface area contributed by atoms with Crippen molar-refractivity contribution in [2.75, 3.05) is 28.6 Å². The van der Waals surface area contributed by atoms with Gasteiger partial charge in [0.1, 0.15) is 11.9 Å². The Bertz CT molecular complexity index is 799. The van der Waals surface area contributed by atoms with E-state index in [1.807, 2.05) is 25.1 Å². The first kappa shape index (κ1) is 16.9. The minimum absolute atomic E-state index is 0.129. The van der Waals surface area contributed by atoms with Crippen LogP contribution in [0.15, 0.2) is 36.4 Å². The zero-order valence-electron chi connectivity index (χ0n) is 15.0. The summed E-state index contributed by atoms with van der Waals surface area (Å²) in [5.74, 6) is -0.378. The monoisotopic (exact) mass is 353 g/mol. The van der Waals surface area contributed by atoms with Crippen molar-refractivity contribution in [3.05, 3.63) is 53.3 Å². The highest BCUT2D eigenvalue weighted by Crippen LogP contribution is 2.32. The molecule has 0 aromatic heterocycles. The minimum atomic E-state index is -0.445. The number of nitrogens with one attached hydrogen (secondary N) is 2. The predicted octanol–water partition coefficient (Wildman–Crippen LogP) is 4.10. The van der Waals surface area contributed by atoms with Gasteiger partial charge >= 0.3 is 0 Å². The fourth-order valence-electron chi connectivity index (χ4n) is 3.89. The Labute approximate surface area is 153 Å². The first-order valence-corrected chi connectivity index (χ1v) is 9.32. The third-order valence-corrected chi connectivity index (χ3v) is 5.34. The number of carbonyl (C=O) groups excluding carboxylic acids is 1. The topological polar surface area (TPSA) is 44.4 Å². The molecule has 2 aliphatic heterocycles. The number of benzene rings is 2. The van der Waals surface area contributed by atoms with E-state index in [1.165, 1.54) is 25.3 Å². The Balaban J connectivity index is 1.46. The molecule has 1 saturated heterocycles. The van der Waals surface area contributed by atoms with Gasteiger partial charge in [-0.1, -0.05) is 12.1 Å². The molecule has 2 aromatic carbocycles. The van der Waals surface area contributed by atoms with Crippen molar-refractivity contribution in [1.82, 2.24) is 0 Å². The first-order valence-electron chi connectivity index (χ1n) is 9.32. The Morgan fingerprint density at radius 3 is 2.77 bits per heavy atom. The molecule has 2 aromatic rings. The van der Waals surface area contributed by atoms with E-state index in [9.17, 15) is 9.18 Å². The third kappa shape index (κ3) is 3.26. The van der Waals surface area contributed by atoms with Crippen LogP contribution in [0.5, 0.6) is 0 Å². The van der Waals surface area contributed by atoms with Crippen molar-refractivity contribution in [3.8, 4) is 0 Å². The highest BCUT2D eigenvalue weighted by Gasteiger charge is 2.30. The van der Waals surface area contributed by atoms with Gasteiger partial charge in [0.25, 0.3) is 0 Å². The molecule has 1 unspecified atom stereocenters. The maximum absolute atomic E-state index is 14.0. The van der Waals surface area contributed by atoms with Crippen molar-refractivity contribution >= 4 is 23.0 Å². The Morgan fingerprint density at radius 2 is 2.00 bits per heavy atom. The quantitative estimate of drug-likeness (QED) is 0.873. The molecule has 1 atom stereocenters. The molecule has 0 saturated carbocycles. The molecule has 1 fully saturated rings. The van der Waals surface area contributed by atoms with Gasteiger partial charge < -0.3 is 15.5 Å². The van der Waals surface area contributed by atoms with Gasteiger partial charge in [-0.05, 0) is 56.0 Å². The van der Waals surface area contributed by atoms with Crippen molar-refractivity contribution in [2.45, 2.75) is 38.6 Å². The van der Waals surface area contributed by atoms with E-state index in [4.69, 9.17) is 0 Å². The molecule has 0 aliphatic carbocycles. The number of piperidine rings is 1. The molecular weight excluding hydrogens is 329 g/mol. The van der Waals surface area contributed by atoms with Crippen LogP contribution in [0.1, 0.15) is 30.4 Å². The van der Waals surface area contributed by atoms with Crippen LogP contribution in [-0.2, 0) is 11.2 Å². The molecular formula is C21H24FN3O. The smallest absolute Gasteiger partial charge is 0.247 e. The van der Waals surface area contributed by atoms with Crippen LogP contribution in [0.4, 0.5) is 21.5 Å². The fourth-order valence-corrected chi connectivity index (χ4v) is 3.89. The number of fused-ring (bicyclic) bond motifs is 1. The van der Waals surface area contributed by atoms with E-state index in [1.54, 1.807) is 6.07 Å². The number of anilines is 3. The molecule has 26 heavy (non-hydrogen) atoms. The molecule has 2 N–H and O–H groups in total. The van der Waals surface area contributed by atoms with E-state index in [2.05, 4.69) is 21.6 Å². The SMILES string of the molecule is Cc1ccc(F)c2c1NC(C(=O)Nc1cccc(N3CCCCC3)c1)C2. The van der Waals surface area contributed by atoms with E-state index >= 15 is 0 Å². The van der Waals surface area contributed by atoms with Crippen molar-refractivity contribution in [1.29, 1.82) is 0 Å². The Hall–Kier alpha value is -2.56. The van der Waals surface area contributed by atoms with Crippen molar-refractivity contribution in [3.63, 3.8) is 0 Å². The number of carbonyl (C=O) groups is 1. The molecule has 2 heterocycles. The number of nitrogens with zero attached hydrogens (tertiary/aromatic N) is 1. The number of hydrogen-bond acceptors (Lipinski definition) is 3. The highest BCUT2D eigenvalue weighted by atomic mass is 19.1. The van der Waals surface area contributed by atoms with E-state index in [0.29, 0.717) is 12.0 Å². The van der Waals surface area contributed by atoms with E-state index in [0.717, 1.165) is 35.7 Å². The van der Waals surface area contributed by atoms with Gasteiger partial charge in [0, 0.05) is 42.1 Å². The minimum Gasteiger partial charge on any atom is -0.373 e. The summed E-state index contributed by atoms with van der Waals surface area (Å²) in [4.78, 5) is 15.0. The van der Waals surface area contributed by atoms with Crippen LogP contribution in [0.3, 0.4) is 0 Å². The third-order valence-electron chi connectivity index (χ3n) is 5.34. The maximum Gasteiger partial charge on any atom is 0.247 e. The number of amides is 1. The lowest BCUT2D eigenvalue weighted by Gasteiger charge is -2.29. The number of aryl methyl sites for hydroxylation is 1. The summed E-state index contributed by atoms with van der Waals surface area (Å²) in [6, 6.07) is 10.8.